The molecule has 0 amide bonds. The first-order valence-electron chi connectivity index (χ1n) is 7.67. The third-order valence-electron chi connectivity index (χ3n) is 4.93. The zero-order valence-electron chi connectivity index (χ0n) is 12.4. The van der Waals surface area contributed by atoms with Crippen molar-refractivity contribution in [3.05, 3.63) is 42.1 Å². The Morgan fingerprint density at radius 1 is 1.29 bits per heavy atom. The van der Waals surface area contributed by atoms with Crippen molar-refractivity contribution in [1.29, 1.82) is 0 Å². The maximum Gasteiger partial charge on any atom is 0.309 e. The van der Waals surface area contributed by atoms with Crippen LogP contribution in [0.1, 0.15) is 38.2 Å². The lowest BCUT2D eigenvalue weighted by Gasteiger charge is -2.36. The number of hydrogen-bond donors (Lipinski definition) is 1. The molecule has 0 unspecified atom stereocenters. The van der Waals surface area contributed by atoms with Gasteiger partial charge >= 0.3 is 5.97 Å². The van der Waals surface area contributed by atoms with Gasteiger partial charge in [-0.15, -0.1) is 0 Å². The fraction of sp³-hybridized carbons (Fsp3) is 0.444. The smallest absolute Gasteiger partial charge is 0.309 e. The first kappa shape index (κ1) is 14.1. The Bertz CT molecular complexity index is 652. The van der Waals surface area contributed by atoms with E-state index in [9.17, 15) is 9.90 Å². The molecule has 1 fully saturated rings. The van der Waals surface area contributed by atoms with Crippen LogP contribution >= 0.6 is 0 Å². The van der Waals surface area contributed by atoms with E-state index in [0.717, 1.165) is 42.1 Å². The van der Waals surface area contributed by atoms with Crippen LogP contribution in [0.5, 0.6) is 0 Å². The third-order valence-corrected chi connectivity index (χ3v) is 4.93. The van der Waals surface area contributed by atoms with E-state index in [1.807, 2.05) is 30.3 Å². The molecule has 3 nitrogen and oxygen atoms in total. The third kappa shape index (κ3) is 2.65. The van der Waals surface area contributed by atoms with Gasteiger partial charge in [-0.25, -0.2) is 0 Å². The highest BCUT2D eigenvalue weighted by Crippen LogP contribution is 2.42. The van der Waals surface area contributed by atoms with E-state index in [4.69, 9.17) is 0 Å². The van der Waals surface area contributed by atoms with Gasteiger partial charge in [-0.3, -0.25) is 9.78 Å². The van der Waals surface area contributed by atoms with Crippen molar-refractivity contribution >= 4 is 16.9 Å². The Morgan fingerprint density at radius 3 is 2.71 bits per heavy atom. The average molecular weight is 283 g/mol. The lowest BCUT2D eigenvalue weighted by Crippen LogP contribution is -2.37. The molecule has 110 valence electrons. The van der Waals surface area contributed by atoms with Gasteiger partial charge in [0.05, 0.1) is 10.9 Å². The highest BCUT2D eigenvalue weighted by molar-refractivity contribution is 5.83. The van der Waals surface area contributed by atoms with E-state index in [1.165, 1.54) is 0 Å². The molecule has 1 N–H and O–H groups in total. The summed E-state index contributed by atoms with van der Waals surface area (Å²) in [7, 11) is 0. The molecule has 21 heavy (non-hydrogen) atoms. The molecule has 2 aromatic rings. The molecule has 3 heteroatoms. The molecule has 0 atom stereocenters. The Morgan fingerprint density at radius 2 is 2.00 bits per heavy atom. The molecule has 0 radical (unpaired) electrons. The quantitative estimate of drug-likeness (QED) is 0.924. The van der Waals surface area contributed by atoms with Gasteiger partial charge in [0.15, 0.2) is 0 Å². The normalized spacial score (nSPS) is 25.9. The summed E-state index contributed by atoms with van der Waals surface area (Å²) in [5.74, 6) is -0.00884. The molecule has 1 aromatic heterocycles. The van der Waals surface area contributed by atoms with Crippen LogP contribution in [0.4, 0.5) is 0 Å². The van der Waals surface area contributed by atoms with Crippen molar-refractivity contribution < 1.29 is 9.90 Å². The topological polar surface area (TPSA) is 50.2 Å². The fourth-order valence-corrected chi connectivity index (χ4v) is 3.46. The number of aliphatic carboxylic acids is 1. The number of carbonyl (C=O) groups is 1. The predicted octanol–water partition coefficient (Wildman–Crippen LogP) is 4.06. The summed E-state index contributed by atoms with van der Waals surface area (Å²) < 4.78 is 0. The summed E-state index contributed by atoms with van der Waals surface area (Å²) in [5, 5.41) is 10.9. The number of fused-ring (bicyclic) bond motifs is 1. The van der Waals surface area contributed by atoms with Crippen LogP contribution < -0.4 is 0 Å². The Hall–Kier alpha value is -1.90. The minimum atomic E-state index is -0.651. The molecular weight excluding hydrogens is 262 g/mol. The van der Waals surface area contributed by atoms with Crippen LogP contribution in [0, 0.1) is 11.3 Å². The van der Waals surface area contributed by atoms with Gasteiger partial charge in [0.25, 0.3) is 0 Å². The molecule has 1 heterocycles. The molecule has 1 aromatic carbocycles. The van der Waals surface area contributed by atoms with Gasteiger partial charge in [0.2, 0.25) is 0 Å². The van der Waals surface area contributed by atoms with Gasteiger partial charge in [-0.2, -0.15) is 0 Å². The van der Waals surface area contributed by atoms with Crippen molar-refractivity contribution in [2.75, 3.05) is 0 Å². The average Bonchev–Trinajstić information content (AvgIpc) is 2.50. The molecule has 1 aliphatic rings. The molecule has 0 saturated heterocycles. The van der Waals surface area contributed by atoms with Crippen LogP contribution in [0.3, 0.4) is 0 Å². The number of carboxylic acids is 1. The Kier molecular flexibility index (Phi) is 3.66. The Balaban J connectivity index is 1.97. The van der Waals surface area contributed by atoms with E-state index in [-0.39, 0.29) is 0 Å². The van der Waals surface area contributed by atoms with Crippen LogP contribution in [-0.2, 0) is 11.2 Å². The van der Waals surface area contributed by atoms with Crippen LogP contribution in [0.25, 0.3) is 10.9 Å². The molecule has 1 saturated carbocycles. The van der Waals surface area contributed by atoms with Gasteiger partial charge in [-0.05, 0) is 49.7 Å². The number of hydrogen-bond acceptors (Lipinski definition) is 2. The first-order chi connectivity index (χ1) is 10.1. The molecule has 1 aliphatic carbocycles. The van der Waals surface area contributed by atoms with Crippen molar-refractivity contribution in [2.45, 2.75) is 39.0 Å². The van der Waals surface area contributed by atoms with E-state index in [2.05, 4.69) is 11.9 Å². The summed E-state index contributed by atoms with van der Waals surface area (Å²) in [5.41, 5.74) is 1.39. The van der Waals surface area contributed by atoms with Crippen molar-refractivity contribution in [1.82, 2.24) is 4.98 Å². The summed E-state index contributed by atoms with van der Waals surface area (Å²) >= 11 is 0. The number of nitrogens with zero attached hydrogens (tertiary/aromatic N) is 1. The van der Waals surface area contributed by atoms with E-state index >= 15 is 0 Å². The zero-order chi connectivity index (χ0) is 14.9. The van der Waals surface area contributed by atoms with Crippen molar-refractivity contribution in [2.24, 2.45) is 11.3 Å². The zero-order valence-corrected chi connectivity index (χ0v) is 12.4. The van der Waals surface area contributed by atoms with Crippen LogP contribution in [-0.4, -0.2) is 16.1 Å². The minimum absolute atomic E-state index is 0.587. The predicted molar refractivity (Wildman–Crippen MR) is 83.1 cm³/mol. The maximum atomic E-state index is 11.9. The highest BCUT2D eigenvalue weighted by atomic mass is 16.4. The molecule has 0 aliphatic heterocycles. The van der Waals surface area contributed by atoms with Crippen molar-refractivity contribution in [3.63, 3.8) is 0 Å². The summed E-state index contributed by atoms with van der Waals surface area (Å²) in [6, 6.07) is 10.0. The lowest BCUT2D eigenvalue weighted by atomic mass is 9.67. The summed E-state index contributed by atoms with van der Waals surface area (Å²) in [6.07, 6.45) is 5.92. The maximum absolute atomic E-state index is 11.9. The molecule has 0 spiro atoms. The number of carboxylic acid groups (broad SMARTS) is 1. The van der Waals surface area contributed by atoms with Crippen LogP contribution in [0.2, 0.25) is 0 Å². The molecule has 0 bridgehead atoms. The molecular formula is C18H21NO2. The second-order valence-corrected chi connectivity index (χ2v) is 6.44. The van der Waals surface area contributed by atoms with E-state index in [0.29, 0.717) is 12.3 Å². The number of benzene rings is 1. The number of pyridine rings is 1. The summed E-state index contributed by atoms with van der Waals surface area (Å²) in [4.78, 5) is 16.4. The largest absolute Gasteiger partial charge is 0.481 e. The SMILES string of the molecule is CC1CCC(Cc2cccc3cccnc23)(C(=O)O)CC1. The van der Waals surface area contributed by atoms with Gasteiger partial charge in [0.1, 0.15) is 0 Å². The van der Waals surface area contributed by atoms with E-state index in [1.54, 1.807) is 6.20 Å². The van der Waals surface area contributed by atoms with E-state index < -0.39 is 11.4 Å². The molecule has 3 rings (SSSR count). The standard InChI is InChI=1S/C18H21NO2/c1-13-7-9-18(10-8-13,17(20)21)12-15-5-2-4-14-6-3-11-19-16(14)15/h2-6,11,13H,7-10,12H2,1H3,(H,20,21). The fourth-order valence-electron chi connectivity index (χ4n) is 3.46. The number of rotatable bonds is 3. The van der Waals surface area contributed by atoms with Crippen molar-refractivity contribution in [3.8, 4) is 0 Å². The van der Waals surface area contributed by atoms with Gasteiger partial charge in [0, 0.05) is 11.6 Å². The second kappa shape index (κ2) is 5.47. The minimum Gasteiger partial charge on any atom is -0.481 e. The van der Waals surface area contributed by atoms with Gasteiger partial charge in [-0.1, -0.05) is 31.2 Å². The second-order valence-electron chi connectivity index (χ2n) is 6.44. The number of aromatic nitrogens is 1. The monoisotopic (exact) mass is 283 g/mol. The Labute approximate surface area is 125 Å². The first-order valence-corrected chi connectivity index (χ1v) is 7.67. The van der Waals surface area contributed by atoms with Gasteiger partial charge < -0.3 is 5.11 Å². The van der Waals surface area contributed by atoms with Crippen LogP contribution in [0.15, 0.2) is 36.5 Å². The summed E-state index contributed by atoms with van der Waals surface area (Å²) in [6.45, 7) is 2.21. The lowest BCUT2D eigenvalue weighted by molar-refractivity contribution is -0.151. The highest BCUT2D eigenvalue weighted by Gasteiger charge is 2.41. The number of para-hydroxylation sites is 1.